The molecule has 0 saturated heterocycles. The molecule has 0 saturated carbocycles. The van der Waals surface area contributed by atoms with Crippen LogP contribution in [0.15, 0.2) is 34.5 Å². The summed E-state index contributed by atoms with van der Waals surface area (Å²) in [6.45, 7) is -0.455. The first-order valence-electron chi connectivity index (χ1n) is 7.01. The molecule has 0 fully saturated rings. The van der Waals surface area contributed by atoms with Gasteiger partial charge in [-0.2, -0.15) is 4.31 Å². The molecule has 0 atom stereocenters. The highest BCUT2D eigenvalue weighted by Crippen LogP contribution is 2.27. The largest absolute Gasteiger partial charge is 0.340 e. The molecule has 2 aromatic rings. The lowest BCUT2D eigenvalue weighted by molar-refractivity contribution is -0.130. The molecule has 5 nitrogen and oxygen atoms in total. The predicted molar refractivity (Wildman–Crippen MR) is 97.0 cm³/mol. The van der Waals surface area contributed by atoms with Gasteiger partial charge in [0.25, 0.3) is 10.0 Å². The van der Waals surface area contributed by atoms with E-state index in [1.54, 1.807) is 0 Å². The van der Waals surface area contributed by atoms with E-state index in [0.29, 0.717) is 4.34 Å². The maximum absolute atomic E-state index is 13.8. The molecular weight excluding hydrogens is 410 g/mol. The van der Waals surface area contributed by atoms with Crippen LogP contribution in [-0.4, -0.2) is 44.2 Å². The number of carbonyl (C=O) groups excluding carboxylic acids is 1. The van der Waals surface area contributed by atoms with Crippen LogP contribution < -0.4 is 0 Å². The molecule has 1 aromatic carbocycles. The number of amides is 1. The third-order valence-electron chi connectivity index (χ3n) is 3.45. The molecule has 0 aliphatic carbocycles. The van der Waals surface area contributed by atoms with Crippen LogP contribution in [0.2, 0.25) is 9.36 Å². The molecule has 2 rings (SSSR count). The summed E-state index contributed by atoms with van der Waals surface area (Å²) in [5.41, 5.74) is 0.176. The van der Waals surface area contributed by atoms with Crippen molar-refractivity contribution in [2.75, 3.05) is 20.6 Å². The fourth-order valence-electron chi connectivity index (χ4n) is 1.99. The average Bonchev–Trinajstić information content (AvgIpc) is 2.98. The Bertz CT molecular complexity index is 866. The standard InChI is InChI=1S/C15H15Cl2FN2O3S2/c1-19(8-10-11(16)4-3-5-12(10)18)14(21)9-20(2)25(22,23)15-7-6-13(17)24-15/h3-7H,8-9H2,1-2H3. The summed E-state index contributed by atoms with van der Waals surface area (Å²) in [5.74, 6) is -1.02. The SMILES string of the molecule is CN(Cc1c(F)cccc1Cl)C(=O)CN(C)S(=O)(=O)c1ccc(Cl)s1. The number of sulfonamides is 1. The van der Waals surface area contributed by atoms with Gasteiger partial charge in [0.05, 0.1) is 10.9 Å². The van der Waals surface area contributed by atoms with E-state index in [9.17, 15) is 17.6 Å². The zero-order valence-corrected chi connectivity index (χ0v) is 16.5. The highest BCUT2D eigenvalue weighted by atomic mass is 35.5. The molecule has 0 radical (unpaired) electrons. The van der Waals surface area contributed by atoms with Crippen LogP contribution in [0.3, 0.4) is 0 Å². The van der Waals surface area contributed by atoms with Gasteiger partial charge < -0.3 is 4.90 Å². The Kier molecular flexibility index (Phi) is 6.45. The second-order valence-electron chi connectivity index (χ2n) is 5.27. The molecular formula is C15H15Cl2FN2O3S2. The average molecular weight is 425 g/mol. The van der Waals surface area contributed by atoms with E-state index in [-0.39, 0.29) is 27.9 Å². The molecule has 1 amide bonds. The van der Waals surface area contributed by atoms with Gasteiger partial charge in [-0.1, -0.05) is 29.3 Å². The molecule has 0 spiro atoms. The minimum absolute atomic E-state index is 0.0487. The maximum Gasteiger partial charge on any atom is 0.252 e. The summed E-state index contributed by atoms with van der Waals surface area (Å²) < 4.78 is 39.9. The number of hydrogen-bond donors (Lipinski definition) is 0. The second kappa shape index (κ2) is 8.01. The summed E-state index contributed by atoms with van der Waals surface area (Å²) in [7, 11) is -1.07. The third kappa shape index (κ3) is 4.71. The topological polar surface area (TPSA) is 57.7 Å². The molecule has 1 heterocycles. The van der Waals surface area contributed by atoms with Gasteiger partial charge in [-0.25, -0.2) is 12.8 Å². The summed E-state index contributed by atoms with van der Waals surface area (Å²) in [6, 6.07) is 7.09. The van der Waals surface area contributed by atoms with Gasteiger partial charge in [-0.3, -0.25) is 4.79 Å². The van der Waals surface area contributed by atoms with E-state index in [1.165, 1.54) is 49.3 Å². The molecule has 0 bridgehead atoms. The van der Waals surface area contributed by atoms with Gasteiger partial charge in [0.15, 0.2) is 0 Å². The maximum atomic E-state index is 13.8. The van der Waals surface area contributed by atoms with Crippen LogP contribution in [0.1, 0.15) is 5.56 Å². The zero-order valence-electron chi connectivity index (χ0n) is 13.4. The number of hydrogen-bond acceptors (Lipinski definition) is 4. The van der Waals surface area contributed by atoms with Crippen molar-refractivity contribution in [3.05, 3.63) is 51.1 Å². The molecule has 1 aromatic heterocycles. The van der Waals surface area contributed by atoms with Gasteiger partial charge in [-0.05, 0) is 24.3 Å². The molecule has 0 unspecified atom stereocenters. The minimum atomic E-state index is -3.82. The Labute approximate surface area is 159 Å². The van der Waals surface area contributed by atoms with E-state index < -0.39 is 21.7 Å². The van der Waals surface area contributed by atoms with E-state index in [4.69, 9.17) is 23.2 Å². The Morgan fingerprint density at radius 1 is 1.20 bits per heavy atom. The van der Waals surface area contributed by atoms with Crippen molar-refractivity contribution < 1.29 is 17.6 Å². The zero-order chi connectivity index (χ0) is 18.8. The van der Waals surface area contributed by atoms with Gasteiger partial charge in [0.2, 0.25) is 5.91 Å². The Morgan fingerprint density at radius 3 is 2.44 bits per heavy atom. The van der Waals surface area contributed by atoms with E-state index >= 15 is 0 Å². The predicted octanol–water partition coefficient (Wildman–Crippen LogP) is 3.47. The van der Waals surface area contributed by atoms with E-state index in [0.717, 1.165) is 15.6 Å². The molecule has 10 heteroatoms. The lowest BCUT2D eigenvalue weighted by atomic mass is 10.2. The lowest BCUT2D eigenvalue weighted by Gasteiger charge is -2.22. The lowest BCUT2D eigenvalue weighted by Crippen LogP contribution is -2.39. The number of carbonyl (C=O) groups is 1. The van der Waals surface area contributed by atoms with Crippen molar-refractivity contribution in [2.45, 2.75) is 10.8 Å². The first kappa shape index (κ1) is 20.1. The van der Waals surface area contributed by atoms with Crippen LogP contribution in [0, 0.1) is 5.82 Å². The number of halogens is 3. The number of nitrogens with zero attached hydrogens (tertiary/aromatic N) is 2. The van der Waals surface area contributed by atoms with Crippen molar-refractivity contribution in [3.63, 3.8) is 0 Å². The van der Waals surface area contributed by atoms with Gasteiger partial charge in [-0.15, -0.1) is 11.3 Å². The molecule has 0 aliphatic rings. The number of benzene rings is 1. The van der Waals surface area contributed by atoms with Crippen LogP contribution in [0.25, 0.3) is 0 Å². The van der Waals surface area contributed by atoms with Crippen molar-refractivity contribution in [3.8, 4) is 0 Å². The van der Waals surface area contributed by atoms with E-state index in [2.05, 4.69) is 0 Å². The third-order valence-corrected chi connectivity index (χ3v) is 7.31. The van der Waals surface area contributed by atoms with Gasteiger partial charge in [0.1, 0.15) is 10.0 Å². The van der Waals surface area contributed by atoms with Crippen LogP contribution >= 0.6 is 34.5 Å². The Balaban J connectivity index is 2.08. The minimum Gasteiger partial charge on any atom is -0.340 e. The van der Waals surface area contributed by atoms with Crippen molar-refractivity contribution in [1.82, 2.24) is 9.21 Å². The van der Waals surface area contributed by atoms with Crippen LogP contribution in [0.4, 0.5) is 4.39 Å². The fraction of sp³-hybridized carbons (Fsp3) is 0.267. The summed E-state index contributed by atoms with van der Waals surface area (Å²) in [4.78, 5) is 13.5. The van der Waals surface area contributed by atoms with Crippen molar-refractivity contribution in [2.24, 2.45) is 0 Å². The van der Waals surface area contributed by atoms with Gasteiger partial charge >= 0.3 is 0 Å². The normalized spacial score (nSPS) is 11.8. The quantitative estimate of drug-likeness (QED) is 0.712. The Morgan fingerprint density at radius 2 is 1.88 bits per heavy atom. The molecule has 0 aliphatic heterocycles. The number of thiophene rings is 1. The summed E-state index contributed by atoms with van der Waals surface area (Å²) in [5, 5.41) is 0.203. The smallest absolute Gasteiger partial charge is 0.252 e. The van der Waals surface area contributed by atoms with Crippen LogP contribution in [0.5, 0.6) is 0 Å². The van der Waals surface area contributed by atoms with Crippen molar-refractivity contribution in [1.29, 1.82) is 0 Å². The fourth-order valence-corrected chi connectivity index (χ4v) is 5.03. The second-order valence-corrected chi connectivity index (χ2v) is 9.66. The van der Waals surface area contributed by atoms with Gasteiger partial charge in [0, 0.05) is 31.2 Å². The highest BCUT2D eigenvalue weighted by molar-refractivity contribution is 7.91. The first-order valence-corrected chi connectivity index (χ1v) is 10.0. The Hall–Kier alpha value is -1.19. The monoisotopic (exact) mass is 424 g/mol. The summed E-state index contributed by atoms with van der Waals surface area (Å²) in [6.07, 6.45) is 0. The molecule has 136 valence electrons. The van der Waals surface area contributed by atoms with E-state index in [1.807, 2.05) is 0 Å². The number of likely N-dealkylation sites (N-methyl/N-ethyl adjacent to an activating group) is 2. The number of rotatable bonds is 6. The molecule has 0 N–H and O–H groups in total. The first-order chi connectivity index (χ1) is 11.6. The molecule has 25 heavy (non-hydrogen) atoms. The highest BCUT2D eigenvalue weighted by Gasteiger charge is 2.26. The van der Waals surface area contributed by atoms with Crippen molar-refractivity contribution >= 4 is 50.5 Å². The van der Waals surface area contributed by atoms with Crippen LogP contribution in [-0.2, 0) is 21.4 Å². The summed E-state index contributed by atoms with van der Waals surface area (Å²) >= 11 is 12.6.